The molecule has 0 saturated heterocycles. The predicted molar refractivity (Wildman–Crippen MR) is 76.5 cm³/mol. The highest BCUT2D eigenvalue weighted by atomic mass is 15.2. The lowest BCUT2D eigenvalue weighted by molar-refractivity contribution is 0.706. The molecule has 2 aromatic rings. The van der Waals surface area contributed by atoms with E-state index in [4.69, 9.17) is 0 Å². The van der Waals surface area contributed by atoms with Crippen LogP contribution in [-0.4, -0.2) is 21.7 Å². The molecule has 0 amide bonds. The van der Waals surface area contributed by atoms with Crippen molar-refractivity contribution in [3.8, 4) is 6.07 Å². The van der Waals surface area contributed by atoms with Crippen molar-refractivity contribution in [1.82, 2.24) is 15.2 Å². The van der Waals surface area contributed by atoms with Gasteiger partial charge >= 0.3 is 0 Å². The molecule has 102 valence electrons. The number of hydrogen-bond donors (Lipinski definition) is 1. The Morgan fingerprint density at radius 1 is 1.35 bits per heavy atom. The Morgan fingerprint density at radius 2 is 2.15 bits per heavy atom. The molecular weight excluding hydrogens is 250 g/mol. The molecule has 1 N–H and O–H groups in total. The summed E-state index contributed by atoms with van der Waals surface area (Å²) in [6.45, 7) is 7.59. The topological polar surface area (TPSA) is 68.6 Å². The summed E-state index contributed by atoms with van der Waals surface area (Å²) in [5.41, 5.74) is 6.10. The Hall–Kier alpha value is -2.35. The monoisotopic (exact) mass is 267 g/mol. The first-order valence-corrected chi connectivity index (χ1v) is 6.76. The maximum atomic E-state index is 9.40. The highest BCUT2D eigenvalue weighted by Crippen LogP contribution is 2.28. The quantitative estimate of drug-likeness (QED) is 0.859. The highest BCUT2D eigenvalue weighted by Gasteiger charge is 2.24. The summed E-state index contributed by atoms with van der Waals surface area (Å²) in [5, 5.41) is 16.8. The zero-order chi connectivity index (χ0) is 14.3. The van der Waals surface area contributed by atoms with Crippen LogP contribution in [0.2, 0.25) is 0 Å². The largest absolute Gasteiger partial charge is 0.351 e. The van der Waals surface area contributed by atoms with Crippen molar-refractivity contribution in [2.24, 2.45) is 0 Å². The van der Waals surface area contributed by atoms with Gasteiger partial charge in [0.1, 0.15) is 11.9 Å². The van der Waals surface area contributed by atoms with Crippen molar-refractivity contribution in [3.05, 3.63) is 39.8 Å². The fraction of sp³-hybridized carbons (Fsp3) is 0.400. The molecule has 5 heteroatoms. The molecule has 5 nitrogen and oxygen atoms in total. The Balaban J connectivity index is 2.04. The lowest BCUT2D eigenvalue weighted by Gasteiger charge is -2.29. The van der Waals surface area contributed by atoms with Gasteiger partial charge in [0.05, 0.1) is 11.3 Å². The van der Waals surface area contributed by atoms with Crippen LogP contribution < -0.4 is 4.90 Å². The molecule has 3 rings (SSSR count). The number of anilines is 1. The average Bonchev–Trinajstić information content (AvgIpc) is 2.79. The number of H-pyrrole nitrogens is 1. The van der Waals surface area contributed by atoms with E-state index in [-0.39, 0.29) is 0 Å². The van der Waals surface area contributed by atoms with E-state index in [2.05, 4.69) is 26.2 Å². The van der Waals surface area contributed by atoms with Crippen LogP contribution in [-0.2, 0) is 13.0 Å². The Labute approximate surface area is 118 Å². The standard InChI is InChI=1S/C15H17N5/c1-9-6-10(2)17-15(12(9)7-16)20-5-4-14-13(8-20)11(3)18-19-14/h6H,4-5,8H2,1-3H3,(H,18,19). The maximum absolute atomic E-state index is 9.40. The van der Waals surface area contributed by atoms with E-state index in [1.54, 1.807) is 0 Å². The minimum absolute atomic E-state index is 0.681. The Kier molecular flexibility index (Phi) is 2.94. The number of aromatic nitrogens is 3. The van der Waals surface area contributed by atoms with Gasteiger partial charge in [-0.05, 0) is 32.4 Å². The van der Waals surface area contributed by atoms with E-state index >= 15 is 0 Å². The molecule has 2 aromatic heterocycles. The number of nitrogens with zero attached hydrogens (tertiary/aromatic N) is 4. The van der Waals surface area contributed by atoms with Gasteiger partial charge in [0.2, 0.25) is 0 Å². The van der Waals surface area contributed by atoms with Crippen molar-refractivity contribution >= 4 is 5.82 Å². The van der Waals surface area contributed by atoms with Crippen LogP contribution in [0.25, 0.3) is 0 Å². The Morgan fingerprint density at radius 3 is 2.90 bits per heavy atom. The molecule has 0 aromatic carbocycles. The first-order valence-electron chi connectivity index (χ1n) is 6.76. The van der Waals surface area contributed by atoms with Gasteiger partial charge in [-0.1, -0.05) is 0 Å². The van der Waals surface area contributed by atoms with Crippen LogP contribution >= 0.6 is 0 Å². The summed E-state index contributed by atoms with van der Waals surface area (Å²) >= 11 is 0. The van der Waals surface area contributed by atoms with Crippen LogP contribution in [0.5, 0.6) is 0 Å². The molecule has 3 heterocycles. The summed E-state index contributed by atoms with van der Waals surface area (Å²) in [6.07, 6.45) is 0.888. The molecule has 0 saturated carbocycles. The van der Waals surface area contributed by atoms with E-state index < -0.39 is 0 Å². The molecule has 1 aliphatic rings. The van der Waals surface area contributed by atoms with E-state index in [1.165, 1.54) is 5.56 Å². The smallest absolute Gasteiger partial charge is 0.147 e. The first kappa shape index (κ1) is 12.7. The fourth-order valence-electron chi connectivity index (χ4n) is 2.79. The van der Waals surface area contributed by atoms with Gasteiger partial charge in [-0.2, -0.15) is 10.4 Å². The number of fused-ring (bicyclic) bond motifs is 1. The van der Waals surface area contributed by atoms with Crippen LogP contribution in [0.1, 0.15) is 33.8 Å². The number of nitrogens with one attached hydrogen (secondary N) is 1. The van der Waals surface area contributed by atoms with Crippen molar-refractivity contribution in [3.63, 3.8) is 0 Å². The molecule has 20 heavy (non-hydrogen) atoms. The second-order valence-electron chi connectivity index (χ2n) is 5.34. The number of rotatable bonds is 1. The third-order valence-corrected chi connectivity index (χ3v) is 3.86. The minimum atomic E-state index is 0.681. The maximum Gasteiger partial charge on any atom is 0.147 e. The van der Waals surface area contributed by atoms with Gasteiger partial charge in [0, 0.05) is 36.5 Å². The van der Waals surface area contributed by atoms with E-state index in [0.29, 0.717) is 5.56 Å². The molecule has 0 fully saturated rings. The number of nitriles is 1. The SMILES string of the molecule is Cc1cc(C)c(C#N)c(N2CCc3n[nH]c(C)c3C2)n1. The summed E-state index contributed by atoms with van der Waals surface area (Å²) in [5.74, 6) is 0.802. The van der Waals surface area contributed by atoms with Gasteiger partial charge in [-0.25, -0.2) is 4.98 Å². The average molecular weight is 267 g/mol. The lowest BCUT2D eigenvalue weighted by Crippen LogP contribution is -2.32. The normalized spacial score (nSPS) is 14.0. The minimum Gasteiger partial charge on any atom is -0.351 e. The summed E-state index contributed by atoms with van der Waals surface area (Å²) < 4.78 is 0. The van der Waals surface area contributed by atoms with Crippen LogP contribution in [0, 0.1) is 32.1 Å². The molecule has 1 aliphatic heterocycles. The zero-order valence-corrected chi connectivity index (χ0v) is 12.0. The number of hydrogen-bond acceptors (Lipinski definition) is 4. The highest BCUT2D eigenvalue weighted by molar-refractivity contribution is 5.59. The van der Waals surface area contributed by atoms with Crippen molar-refractivity contribution in [1.29, 1.82) is 5.26 Å². The van der Waals surface area contributed by atoms with Gasteiger partial charge in [-0.15, -0.1) is 0 Å². The van der Waals surface area contributed by atoms with Gasteiger partial charge < -0.3 is 4.90 Å². The van der Waals surface area contributed by atoms with Crippen LogP contribution in [0.3, 0.4) is 0 Å². The molecule has 0 bridgehead atoms. The number of aryl methyl sites for hydroxylation is 3. The van der Waals surface area contributed by atoms with Crippen molar-refractivity contribution in [2.75, 3.05) is 11.4 Å². The van der Waals surface area contributed by atoms with Crippen molar-refractivity contribution < 1.29 is 0 Å². The third-order valence-electron chi connectivity index (χ3n) is 3.86. The molecule has 0 unspecified atom stereocenters. The fourth-order valence-corrected chi connectivity index (χ4v) is 2.79. The number of aromatic amines is 1. The summed E-state index contributed by atoms with van der Waals surface area (Å²) in [4.78, 5) is 6.77. The summed E-state index contributed by atoms with van der Waals surface area (Å²) in [6, 6.07) is 4.25. The Bertz CT molecular complexity index is 708. The van der Waals surface area contributed by atoms with Gasteiger partial charge in [0.15, 0.2) is 0 Å². The molecule has 0 aliphatic carbocycles. The van der Waals surface area contributed by atoms with E-state index in [1.807, 2.05) is 26.8 Å². The molecule has 0 radical (unpaired) electrons. The predicted octanol–water partition coefficient (Wildman–Crippen LogP) is 2.16. The molecule has 0 atom stereocenters. The lowest BCUT2D eigenvalue weighted by atomic mass is 10.0. The second kappa shape index (κ2) is 4.64. The van der Waals surface area contributed by atoms with Gasteiger partial charge in [0.25, 0.3) is 0 Å². The van der Waals surface area contributed by atoms with Crippen LogP contribution in [0.4, 0.5) is 5.82 Å². The summed E-state index contributed by atoms with van der Waals surface area (Å²) in [7, 11) is 0. The van der Waals surface area contributed by atoms with Gasteiger partial charge in [-0.3, -0.25) is 5.10 Å². The molecular formula is C15H17N5. The van der Waals surface area contributed by atoms with Crippen molar-refractivity contribution in [2.45, 2.75) is 33.7 Å². The second-order valence-corrected chi connectivity index (χ2v) is 5.34. The third kappa shape index (κ3) is 1.94. The molecule has 0 spiro atoms. The van der Waals surface area contributed by atoms with E-state index in [9.17, 15) is 5.26 Å². The first-order chi connectivity index (χ1) is 9.60. The van der Waals surface area contributed by atoms with E-state index in [0.717, 1.165) is 48.0 Å². The number of pyridine rings is 1. The van der Waals surface area contributed by atoms with Crippen LogP contribution in [0.15, 0.2) is 6.07 Å². The zero-order valence-electron chi connectivity index (χ0n) is 12.0.